The molecule has 0 bridgehead atoms. The number of hydrogen-bond acceptors (Lipinski definition) is 7. The summed E-state index contributed by atoms with van der Waals surface area (Å²) in [5.41, 5.74) is 3.00. The van der Waals surface area contributed by atoms with Crippen LogP contribution in [0.25, 0.3) is 6.08 Å². The van der Waals surface area contributed by atoms with E-state index in [0.29, 0.717) is 52.6 Å². The minimum Gasteiger partial charge on any atom is -0.496 e. The van der Waals surface area contributed by atoms with Gasteiger partial charge in [-0.25, -0.2) is 4.79 Å². The fraction of sp³-hybridized carbons (Fsp3) is 0.360. The highest BCUT2D eigenvalue weighted by atomic mass is 16.7. The van der Waals surface area contributed by atoms with Crippen molar-refractivity contribution in [3.8, 4) is 23.0 Å². The molecule has 0 saturated carbocycles. The Balaban J connectivity index is 1.77. The van der Waals surface area contributed by atoms with E-state index in [-0.39, 0.29) is 25.1 Å². The van der Waals surface area contributed by atoms with Crippen LogP contribution in [0.3, 0.4) is 0 Å². The van der Waals surface area contributed by atoms with Crippen LogP contribution in [0.5, 0.6) is 23.0 Å². The van der Waals surface area contributed by atoms with E-state index in [1.807, 2.05) is 31.3 Å². The molecule has 8 nitrogen and oxygen atoms in total. The van der Waals surface area contributed by atoms with Crippen molar-refractivity contribution in [2.24, 2.45) is 0 Å². The first-order valence-electron chi connectivity index (χ1n) is 10.7. The molecule has 4 rings (SSSR count). The molecule has 174 valence electrons. The third-order valence-electron chi connectivity index (χ3n) is 6.17. The Hall–Kier alpha value is -3.52. The van der Waals surface area contributed by atoms with Crippen LogP contribution in [0.15, 0.2) is 30.3 Å². The second-order valence-electron chi connectivity index (χ2n) is 8.36. The van der Waals surface area contributed by atoms with Crippen LogP contribution in [0, 0.1) is 0 Å². The second-order valence-corrected chi connectivity index (χ2v) is 8.36. The number of benzene rings is 2. The topological polar surface area (TPSA) is 80.3 Å². The van der Waals surface area contributed by atoms with Crippen molar-refractivity contribution in [3.05, 3.63) is 52.6 Å². The van der Waals surface area contributed by atoms with Crippen LogP contribution in [0.1, 0.15) is 27.0 Å². The van der Waals surface area contributed by atoms with Gasteiger partial charge in [0, 0.05) is 12.0 Å². The number of nitrogens with zero attached hydrogens (tertiary/aromatic N) is 1. The molecule has 1 atom stereocenters. The molecule has 0 spiro atoms. The normalized spacial score (nSPS) is 18.7. The van der Waals surface area contributed by atoms with E-state index in [1.165, 1.54) is 13.2 Å². The number of rotatable bonds is 7. The van der Waals surface area contributed by atoms with Gasteiger partial charge in [0.1, 0.15) is 12.3 Å². The molecule has 33 heavy (non-hydrogen) atoms. The van der Waals surface area contributed by atoms with E-state index in [4.69, 9.17) is 23.7 Å². The molecular weight excluding hydrogens is 426 g/mol. The lowest BCUT2D eigenvalue weighted by atomic mass is 9.88. The van der Waals surface area contributed by atoms with Gasteiger partial charge < -0.3 is 28.2 Å². The predicted molar refractivity (Wildman–Crippen MR) is 121 cm³/mol. The summed E-state index contributed by atoms with van der Waals surface area (Å²) < 4.78 is 27.8. The van der Waals surface area contributed by atoms with Crippen molar-refractivity contribution in [2.75, 3.05) is 48.3 Å². The molecule has 0 amide bonds. The summed E-state index contributed by atoms with van der Waals surface area (Å²) in [6.45, 7) is 1.41. The summed E-state index contributed by atoms with van der Waals surface area (Å²) in [6, 6.07) is 7.48. The van der Waals surface area contributed by atoms with Gasteiger partial charge in [0.15, 0.2) is 23.8 Å². The van der Waals surface area contributed by atoms with Gasteiger partial charge in [-0.15, -0.1) is 0 Å². The number of likely N-dealkylation sites (N-methyl/N-ethyl adjacent to an activating group) is 1. The highest BCUT2D eigenvalue weighted by Gasteiger charge is 2.40. The van der Waals surface area contributed by atoms with Gasteiger partial charge in [-0.1, -0.05) is 18.2 Å². The standard InChI is InChI=1S/C25H28NO7/c1-26(14-21(28)30-3)12-11-17-18(13-26)23(31-4)25-24(32-15-33-25)22(17)19(27)10-9-16-7-5-6-8-20(16)29-2/h5-10H,11-15H2,1-4H3/q+1/b10-9+/t26-/m0/s1. The van der Waals surface area contributed by atoms with Gasteiger partial charge >= 0.3 is 5.97 Å². The average molecular weight is 454 g/mol. The zero-order valence-electron chi connectivity index (χ0n) is 19.3. The Morgan fingerprint density at radius 1 is 1.06 bits per heavy atom. The number of fused-ring (bicyclic) bond motifs is 2. The van der Waals surface area contributed by atoms with E-state index < -0.39 is 0 Å². The molecule has 0 aromatic heterocycles. The number of hydrogen-bond donors (Lipinski definition) is 0. The first kappa shape index (κ1) is 22.7. The molecule has 2 aliphatic heterocycles. The number of para-hydroxylation sites is 1. The van der Waals surface area contributed by atoms with Crippen LogP contribution >= 0.6 is 0 Å². The highest BCUT2D eigenvalue weighted by molar-refractivity contribution is 6.11. The number of ketones is 1. The summed E-state index contributed by atoms with van der Waals surface area (Å²) in [4.78, 5) is 25.5. The number of carbonyl (C=O) groups excluding carboxylic acids is 2. The maximum atomic E-state index is 13.5. The summed E-state index contributed by atoms with van der Waals surface area (Å²) in [5, 5.41) is 0. The van der Waals surface area contributed by atoms with E-state index in [0.717, 1.165) is 16.7 Å². The smallest absolute Gasteiger partial charge is 0.361 e. The van der Waals surface area contributed by atoms with Crippen LogP contribution in [0.2, 0.25) is 0 Å². The molecule has 2 aromatic carbocycles. The lowest BCUT2D eigenvalue weighted by Crippen LogP contribution is -2.51. The van der Waals surface area contributed by atoms with Crippen LogP contribution in [-0.4, -0.2) is 64.5 Å². The molecule has 2 heterocycles. The number of ether oxygens (including phenoxy) is 5. The maximum Gasteiger partial charge on any atom is 0.361 e. The molecule has 8 heteroatoms. The average Bonchev–Trinajstić information content (AvgIpc) is 3.30. The van der Waals surface area contributed by atoms with E-state index >= 15 is 0 Å². The predicted octanol–water partition coefficient (Wildman–Crippen LogP) is 3.00. The molecule has 0 aliphatic carbocycles. The van der Waals surface area contributed by atoms with Crippen molar-refractivity contribution in [3.63, 3.8) is 0 Å². The second kappa shape index (κ2) is 9.15. The van der Waals surface area contributed by atoms with Crippen molar-refractivity contribution in [1.29, 1.82) is 0 Å². The number of methoxy groups -OCH3 is 3. The molecule has 2 aliphatic rings. The highest BCUT2D eigenvalue weighted by Crippen LogP contribution is 2.50. The molecule has 0 unspecified atom stereocenters. The number of carbonyl (C=O) groups is 2. The van der Waals surface area contributed by atoms with E-state index in [1.54, 1.807) is 20.3 Å². The Morgan fingerprint density at radius 3 is 2.55 bits per heavy atom. The van der Waals surface area contributed by atoms with Crippen LogP contribution in [-0.2, 0) is 22.5 Å². The summed E-state index contributed by atoms with van der Waals surface area (Å²) >= 11 is 0. The van der Waals surface area contributed by atoms with Gasteiger partial charge in [0.2, 0.25) is 12.5 Å². The van der Waals surface area contributed by atoms with Crippen molar-refractivity contribution in [2.45, 2.75) is 13.0 Å². The van der Waals surface area contributed by atoms with E-state index in [2.05, 4.69) is 0 Å². The fourth-order valence-corrected chi connectivity index (χ4v) is 4.52. The molecule has 0 radical (unpaired) electrons. The first-order chi connectivity index (χ1) is 15.9. The Labute approximate surface area is 192 Å². The van der Waals surface area contributed by atoms with Gasteiger partial charge in [-0.3, -0.25) is 4.79 Å². The monoisotopic (exact) mass is 454 g/mol. The van der Waals surface area contributed by atoms with Crippen molar-refractivity contribution in [1.82, 2.24) is 0 Å². The number of quaternary nitrogens is 1. The van der Waals surface area contributed by atoms with Gasteiger partial charge in [0.05, 0.1) is 46.0 Å². The fourth-order valence-electron chi connectivity index (χ4n) is 4.52. The summed E-state index contributed by atoms with van der Waals surface area (Å²) in [6.07, 6.45) is 3.85. The molecule has 0 saturated heterocycles. The van der Waals surface area contributed by atoms with Crippen molar-refractivity contribution < 1.29 is 37.8 Å². The zero-order valence-corrected chi connectivity index (χ0v) is 19.3. The molecule has 0 N–H and O–H groups in total. The van der Waals surface area contributed by atoms with Crippen LogP contribution < -0.4 is 18.9 Å². The Morgan fingerprint density at radius 2 is 1.82 bits per heavy atom. The minimum atomic E-state index is -0.281. The van der Waals surface area contributed by atoms with Gasteiger partial charge in [-0.2, -0.15) is 0 Å². The summed E-state index contributed by atoms with van der Waals surface area (Å²) in [7, 11) is 6.54. The number of esters is 1. The van der Waals surface area contributed by atoms with Crippen LogP contribution in [0.4, 0.5) is 0 Å². The SMILES string of the molecule is COC(=O)C[N@@+]1(C)CCc2c(c(OC)c3c(c2C(=O)/C=C/c2ccccc2OC)OCO3)C1. The molecule has 2 aromatic rings. The van der Waals surface area contributed by atoms with Crippen molar-refractivity contribution >= 4 is 17.8 Å². The van der Waals surface area contributed by atoms with E-state index in [9.17, 15) is 9.59 Å². The zero-order chi connectivity index (χ0) is 23.6. The first-order valence-corrected chi connectivity index (χ1v) is 10.7. The largest absolute Gasteiger partial charge is 0.496 e. The molecule has 0 fully saturated rings. The van der Waals surface area contributed by atoms with Gasteiger partial charge in [-0.05, 0) is 23.8 Å². The maximum absolute atomic E-state index is 13.5. The Kier molecular flexibility index (Phi) is 6.29. The third kappa shape index (κ3) is 4.26. The Bertz CT molecular complexity index is 1120. The third-order valence-corrected chi connectivity index (χ3v) is 6.17. The minimum absolute atomic E-state index is 0.0133. The number of allylic oxidation sites excluding steroid dienone is 1. The van der Waals surface area contributed by atoms with Gasteiger partial charge in [0.25, 0.3) is 0 Å². The summed E-state index contributed by atoms with van der Waals surface area (Å²) in [5.74, 6) is 1.60. The lowest BCUT2D eigenvalue weighted by Gasteiger charge is -2.38. The quantitative estimate of drug-likeness (QED) is 0.275. The molecular formula is C25H28NO7+. The lowest BCUT2D eigenvalue weighted by molar-refractivity contribution is -0.917.